The summed E-state index contributed by atoms with van der Waals surface area (Å²) in [6.45, 7) is 3.75. The summed E-state index contributed by atoms with van der Waals surface area (Å²) in [5.41, 5.74) is 2.30. The summed E-state index contributed by atoms with van der Waals surface area (Å²) in [5.74, 6) is -0.143. The van der Waals surface area contributed by atoms with Crippen LogP contribution in [0.25, 0.3) is 0 Å². The highest BCUT2D eigenvalue weighted by molar-refractivity contribution is 7.92. The van der Waals surface area contributed by atoms with Crippen molar-refractivity contribution < 1.29 is 32.9 Å². The highest BCUT2D eigenvalue weighted by Crippen LogP contribution is 2.30. The molecule has 1 atom stereocenters. The van der Waals surface area contributed by atoms with Crippen LogP contribution in [0.1, 0.15) is 93.9 Å². The molecular formula is C32H47NO7S. The number of sulfone groups is 1. The maximum Gasteiger partial charge on any atom is 0.308 e. The Bertz CT molecular complexity index is 1160. The first-order chi connectivity index (χ1) is 19.8. The van der Waals surface area contributed by atoms with Gasteiger partial charge in [-0.1, -0.05) is 43.9 Å². The van der Waals surface area contributed by atoms with Crippen molar-refractivity contribution in [3.63, 3.8) is 0 Å². The van der Waals surface area contributed by atoms with Crippen molar-refractivity contribution in [2.24, 2.45) is 0 Å². The molecule has 0 amide bonds. The van der Waals surface area contributed by atoms with E-state index in [1.165, 1.54) is 12.5 Å². The highest BCUT2D eigenvalue weighted by atomic mass is 32.2. The summed E-state index contributed by atoms with van der Waals surface area (Å²) in [5, 5.41) is 23.0. The van der Waals surface area contributed by atoms with Gasteiger partial charge >= 0.3 is 5.97 Å². The Morgan fingerprint density at radius 3 is 2.34 bits per heavy atom. The van der Waals surface area contributed by atoms with Gasteiger partial charge in [-0.25, -0.2) is 8.42 Å². The Hall–Kier alpha value is -2.30. The number of aryl methyl sites for hydroxylation is 1. The number of esters is 1. The van der Waals surface area contributed by atoms with Crippen LogP contribution in [0.15, 0.2) is 47.4 Å². The van der Waals surface area contributed by atoms with Gasteiger partial charge < -0.3 is 25.0 Å². The molecule has 1 aliphatic carbocycles. The maximum atomic E-state index is 12.7. The number of nitrogens with one attached hydrogen (secondary N) is 1. The number of hydrogen-bond acceptors (Lipinski definition) is 8. The maximum absolute atomic E-state index is 12.7. The number of carbonyl (C=O) groups is 1. The van der Waals surface area contributed by atoms with Crippen molar-refractivity contribution >= 4 is 15.8 Å². The summed E-state index contributed by atoms with van der Waals surface area (Å²) in [6, 6.07) is 12.4. The quantitative estimate of drug-likeness (QED) is 0.118. The molecule has 8 nitrogen and oxygen atoms in total. The van der Waals surface area contributed by atoms with Crippen LogP contribution in [-0.4, -0.2) is 56.2 Å². The lowest BCUT2D eigenvalue weighted by Crippen LogP contribution is -2.22. The number of aliphatic hydroxyl groups is 2. The second kappa shape index (κ2) is 17.6. The van der Waals surface area contributed by atoms with Crippen molar-refractivity contribution in [3.8, 4) is 5.75 Å². The zero-order valence-corrected chi connectivity index (χ0v) is 25.2. The molecule has 0 unspecified atom stereocenters. The van der Waals surface area contributed by atoms with E-state index < -0.39 is 21.9 Å². The zero-order chi connectivity index (χ0) is 29.5. The monoisotopic (exact) mass is 589 g/mol. The second-order valence-electron chi connectivity index (χ2n) is 10.9. The first-order valence-electron chi connectivity index (χ1n) is 15.0. The smallest absolute Gasteiger partial charge is 0.308 e. The topological polar surface area (TPSA) is 122 Å². The summed E-state index contributed by atoms with van der Waals surface area (Å²) >= 11 is 0. The predicted octanol–water partition coefficient (Wildman–Crippen LogP) is 5.04. The highest BCUT2D eigenvalue weighted by Gasteiger charge is 2.30. The van der Waals surface area contributed by atoms with E-state index in [9.17, 15) is 23.4 Å². The minimum atomic E-state index is -3.18. The van der Waals surface area contributed by atoms with Gasteiger partial charge in [-0.15, -0.1) is 0 Å². The number of rotatable bonds is 19. The van der Waals surface area contributed by atoms with Gasteiger partial charge in [-0.3, -0.25) is 4.79 Å². The zero-order valence-electron chi connectivity index (χ0n) is 24.4. The molecule has 0 aromatic heterocycles. The molecule has 0 spiro atoms. The van der Waals surface area contributed by atoms with Gasteiger partial charge in [0.2, 0.25) is 0 Å². The average Bonchev–Trinajstić information content (AvgIpc) is 3.52. The van der Waals surface area contributed by atoms with Gasteiger partial charge in [-0.2, -0.15) is 0 Å². The standard InChI is InChI=1S/C32H47NO7S/c1-25(35)40-32-18-15-27(22-28(32)24-34)31(36)23-33-19-7-2-3-8-20-39-21-9-6-10-26-13-16-30(17-14-26)41(37,38)29-11-4-5-12-29/h13-18,22,29,31,33-34,36H,2-12,19-21,23-24H2,1H3/t31-/m0/s1. The lowest BCUT2D eigenvalue weighted by molar-refractivity contribution is -0.131. The van der Waals surface area contributed by atoms with E-state index in [1.807, 2.05) is 12.1 Å². The van der Waals surface area contributed by atoms with E-state index in [-0.39, 0.29) is 11.9 Å². The summed E-state index contributed by atoms with van der Waals surface area (Å²) in [4.78, 5) is 11.6. The first-order valence-corrected chi connectivity index (χ1v) is 16.6. The van der Waals surface area contributed by atoms with Crippen LogP contribution in [0.5, 0.6) is 5.75 Å². The number of benzene rings is 2. The molecule has 2 aromatic rings. The van der Waals surface area contributed by atoms with Crippen LogP contribution in [0, 0.1) is 0 Å². The van der Waals surface area contributed by atoms with E-state index in [4.69, 9.17) is 9.47 Å². The van der Waals surface area contributed by atoms with Crippen LogP contribution in [0.2, 0.25) is 0 Å². The minimum absolute atomic E-state index is 0.199. The Balaban J connectivity index is 1.16. The Labute approximate surface area is 245 Å². The Morgan fingerprint density at radius 1 is 0.976 bits per heavy atom. The van der Waals surface area contributed by atoms with Crippen LogP contribution >= 0.6 is 0 Å². The van der Waals surface area contributed by atoms with Gasteiger partial charge in [0.25, 0.3) is 0 Å². The minimum Gasteiger partial charge on any atom is -0.426 e. The number of hydrogen-bond donors (Lipinski definition) is 3. The fraction of sp³-hybridized carbons (Fsp3) is 0.594. The van der Waals surface area contributed by atoms with E-state index >= 15 is 0 Å². The van der Waals surface area contributed by atoms with Crippen molar-refractivity contribution in [1.29, 1.82) is 0 Å². The first kappa shape index (κ1) is 33.2. The number of carbonyl (C=O) groups excluding carboxylic acids is 1. The van der Waals surface area contributed by atoms with Crippen molar-refractivity contribution in [3.05, 3.63) is 59.2 Å². The summed E-state index contributed by atoms with van der Waals surface area (Å²) < 4.78 is 36.2. The third-order valence-corrected chi connectivity index (χ3v) is 9.90. The molecule has 3 rings (SSSR count). The van der Waals surface area contributed by atoms with Crippen molar-refractivity contribution in [1.82, 2.24) is 5.32 Å². The largest absolute Gasteiger partial charge is 0.426 e. The molecule has 0 aliphatic heterocycles. The predicted molar refractivity (Wildman–Crippen MR) is 160 cm³/mol. The fourth-order valence-electron chi connectivity index (χ4n) is 5.22. The molecule has 1 aliphatic rings. The molecule has 2 aromatic carbocycles. The number of aliphatic hydroxyl groups excluding tert-OH is 2. The van der Waals surface area contributed by atoms with Gasteiger partial charge in [-0.05, 0) is 86.9 Å². The molecule has 9 heteroatoms. The van der Waals surface area contributed by atoms with Crippen LogP contribution in [0.3, 0.4) is 0 Å². The van der Waals surface area contributed by atoms with Crippen LogP contribution in [0.4, 0.5) is 0 Å². The Kier molecular flexibility index (Phi) is 14.3. The molecule has 0 saturated heterocycles. The number of ether oxygens (including phenoxy) is 2. The van der Waals surface area contributed by atoms with E-state index in [0.717, 1.165) is 90.4 Å². The van der Waals surface area contributed by atoms with E-state index in [1.54, 1.807) is 30.3 Å². The van der Waals surface area contributed by atoms with Gasteiger partial charge in [0.1, 0.15) is 5.75 Å². The normalized spacial score (nSPS) is 14.8. The summed E-state index contributed by atoms with van der Waals surface area (Å²) in [6.07, 6.45) is 10.1. The molecule has 0 bridgehead atoms. The lowest BCUT2D eigenvalue weighted by atomic mass is 10.1. The van der Waals surface area contributed by atoms with Gasteiger partial charge in [0.05, 0.1) is 22.9 Å². The molecular weight excluding hydrogens is 542 g/mol. The van der Waals surface area contributed by atoms with Crippen LogP contribution in [-0.2, 0) is 32.4 Å². The molecule has 1 fully saturated rings. The lowest BCUT2D eigenvalue weighted by Gasteiger charge is -2.15. The Morgan fingerprint density at radius 2 is 1.66 bits per heavy atom. The second-order valence-corrected chi connectivity index (χ2v) is 13.1. The van der Waals surface area contributed by atoms with Crippen LogP contribution < -0.4 is 10.1 Å². The van der Waals surface area contributed by atoms with Crippen molar-refractivity contribution in [2.75, 3.05) is 26.3 Å². The average molecular weight is 590 g/mol. The SMILES string of the molecule is CC(=O)Oc1ccc([C@@H](O)CNCCCCCCOCCCCc2ccc(S(=O)(=O)C3CCCC3)cc2)cc1CO. The third-order valence-electron chi connectivity index (χ3n) is 7.62. The fourth-order valence-corrected chi connectivity index (χ4v) is 7.08. The third kappa shape index (κ3) is 11.1. The molecule has 41 heavy (non-hydrogen) atoms. The van der Waals surface area contributed by atoms with E-state index in [2.05, 4.69) is 5.32 Å². The molecule has 228 valence electrons. The van der Waals surface area contributed by atoms with Gasteiger partial charge in [0, 0.05) is 32.2 Å². The molecule has 1 saturated carbocycles. The molecule has 0 heterocycles. The number of unbranched alkanes of at least 4 members (excludes halogenated alkanes) is 4. The molecule has 3 N–H and O–H groups in total. The summed E-state index contributed by atoms with van der Waals surface area (Å²) in [7, 11) is -3.18. The molecule has 0 radical (unpaired) electrons. The van der Waals surface area contributed by atoms with Crippen molar-refractivity contribution in [2.45, 2.75) is 100 Å². The van der Waals surface area contributed by atoms with E-state index in [0.29, 0.717) is 28.3 Å². The van der Waals surface area contributed by atoms with Gasteiger partial charge in [0.15, 0.2) is 9.84 Å².